The minimum Gasteiger partial charge on any atom is -0.415 e. The molecule has 0 rings (SSSR count). The summed E-state index contributed by atoms with van der Waals surface area (Å²) in [6.07, 6.45) is 7.60. The molecule has 0 aromatic carbocycles. The largest absolute Gasteiger partial charge is 0.415 e. The van der Waals surface area contributed by atoms with E-state index in [0.29, 0.717) is 49.4 Å². The van der Waals surface area contributed by atoms with Crippen LogP contribution in [0.5, 0.6) is 0 Å². The molecule has 0 saturated carbocycles. The van der Waals surface area contributed by atoms with Crippen molar-refractivity contribution in [2.45, 2.75) is 58.4 Å². The van der Waals surface area contributed by atoms with Crippen molar-refractivity contribution in [3.63, 3.8) is 0 Å². The van der Waals surface area contributed by atoms with Gasteiger partial charge in [-0.05, 0) is 12.5 Å². The molecule has 5 heteroatoms. The SMILES string of the molecule is CCCCCCCOCCOCCOCCO[Si]CCC. The van der Waals surface area contributed by atoms with Gasteiger partial charge in [-0.3, -0.25) is 0 Å². The molecule has 2 radical (unpaired) electrons. The molecule has 0 aliphatic carbocycles. The Balaban J connectivity index is 2.90. The van der Waals surface area contributed by atoms with Gasteiger partial charge in [0.05, 0.1) is 39.6 Å². The summed E-state index contributed by atoms with van der Waals surface area (Å²) in [5.41, 5.74) is 0. The normalized spacial score (nSPS) is 11.1. The fraction of sp³-hybridized carbons (Fsp3) is 1.00. The molecule has 126 valence electrons. The number of ether oxygens (including phenoxy) is 3. The van der Waals surface area contributed by atoms with E-state index in [0.717, 1.165) is 12.7 Å². The average Bonchev–Trinajstić information content (AvgIpc) is 2.50. The highest BCUT2D eigenvalue weighted by atomic mass is 28.2. The summed E-state index contributed by atoms with van der Waals surface area (Å²) in [5.74, 6) is 0. The molecule has 0 saturated heterocycles. The highest BCUT2D eigenvalue weighted by molar-refractivity contribution is 6.26. The summed E-state index contributed by atoms with van der Waals surface area (Å²) in [6.45, 7) is 9.24. The van der Waals surface area contributed by atoms with E-state index in [9.17, 15) is 0 Å². The molecule has 0 aromatic heterocycles. The van der Waals surface area contributed by atoms with Crippen LogP contribution >= 0.6 is 0 Å². The maximum atomic E-state index is 5.51. The van der Waals surface area contributed by atoms with E-state index < -0.39 is 0 Å². The molecular formula is C16H34O4Si. The lowest BCUT2D eigenvalue weighted by molar-refractivity contribution is 0.00891. The highest BCUT2D eigenvalue weighted by Crippen LogP contribution is 2.02. The molecule has 0 atom stereocenters. The topological polar surface area (TPSA) is 36.9 Å². The first-order valence-electron chi connectivity index (χ1n) is 8.49. The lowest BCUT2D eigenvalue weighted by Crippen LogP contribution is -2.12. The third-order valence-corrected chi connectivity index (χ3v) is 4.03. The Hall–Kier alpha value is 0.0569. The van der Waals surface area contributed by atoms with Crippen molar-refractivity contribution in [3.8, 4) is 0 Å². The Morgan fingerprint density at radius 1 is 0.571 bits per heavy atom. The number of hydrogen-bond donors (Lipinski definition) is 0. The van der Waals surface area contributed by atoms with Crippen LogP contribution in [0.2, 0.25) is 6.04 Å². The molecule has 21 heavy (non-hydrogen) atoms. The van der Waals surface area contributed by atoms with Gasteiger partial charge in [-0.15, -0.1) is 0 Å². The maximum Gasteiger partial charge on any atom is 0.229 e. The van der Waals surface area contributed by atoms with Gasteiger partial charge < -0.3 is 18.6 Å². The van der Waals surface area contributed by atoms with Crippen LogP contribution in [0.1, 0.15) is 52.4 Å². The van der Waals surface area contributed by atoms with Crippen LogP contribution in [0, 0.1) is 0 Å². The molecule has 0 bridgehead atoms. The van der Waals surface area contributed by atoms with Crippen molar-refractivity contribution in [2.75, 3.05) is 46.2 Å². The smallest absolute Gasteiger partial charge is 0.229 e. The first-order valence-corrected chi connectivity index (χ1v) is 9.61. The van der Waals surface area contributed by atoms with Crippen LogP contribution in [0.3, 0.4) is 0 Å². The van der Waals surface area contributed by atoms with Gasteiger partial charge in [-0.2, -0.15) is 0 Å². The fourth-order valence-corrected chi connectivity index (χ4v) is 2.27. The average molecular weight is 319 g/mol. The van der Waals surface area contributed by atoms with E-state index >= 15 is 0 Å². The molecule has 0 N–H and O–H groups in total. The minimum atomic E-state index is 0.616. The van der Waals surface area contributed by atoms with Gasteiger partial charge in [0.1, 0.15) is 0 Å². The Morgan fingerprint density at radius 3 is 1.76 bits per heavy atom. The minimum absolute atomic E-state index is 0.616. The van der Waals surface area contributed by atoms with E-state index in [1.54, 1.807) is 0 Å². The highest BCUT2D eigenvalue weighted by Gasteiger charge is 1.94. The van der Waals surface area contributed by atoms with E-state index in [1.165, 1.54) is 38.5 Å². The predicted octanol–water partition coefficient (Wildman–Crippen LogP) is 3.47. The van der Waals surface area contributed by atoms with E-state index in [1.807, 2.05) is 0 Å². The van der Waals surface area contributed by atoms with Crippen LogP contribution in [-0.2, 0) is 18.6 Å². The zero-order chi connectivity index (χ0) is 15.4. The van der Waals surface area contributed by atoms with E-state index in [4.69, 9.17) is 18.6 Å². The van der Waals surface area contributed by atoms with Crippen molar-refractivity contribution in [1.82, 2.24) is 0 Å². The zero-order valence-corrected chi connectivity index (χ0v) is 15.0. The number of unbranched alkanes of at least 4 members (excludes halogenated alkanes) is 4. The van der Waals surface area contributed by atoms with Gasteiger partial charge in [0.2, 0.25) is 9.76 Å². The first-order chi connectivity index (χ1) is 10.4. The van der Waals surface area contributed by atoms with Gasteiger partial charge in [0.15, 0.2) is 0 Å². The number of rotatable bonds is 18. The van der Waals surface area contributed by atoms with Gasteiger partial charge in [0.25, 0.3) is 0 Å². The zero-order valence-electron chi connectivity index (χ0n) is 14.0. The summed E-state index contributed by atoms with van der Waals surface area (Å²) in [6, 6.07) is 1.15. The first kappa shape index (κ1) is 21.1. The Labute approximate surface area is 133 Å². The molecule has 0 unspecified atom stereocenters. The third-order valence-electron chi connectivity index (χ3n) is 2.92. The molecule has 0 heterocycles. The van der Waals surface area contributed by atoms with Crippen LogP contribution in [0.15, 0.2) is 0 Å². The second-order valence-electron chi connectivity index (χ2n) is 4.99. The van der Waals surface area contributed by atoms with E-state index in [2.05, 4.69) is 13.8 Å². The van der Waals surface area contributed by atoms with Gasteiger partial charge >= 0.3 is 0 Å². The molecular weight excluding hydrogens is 284 g/mol. The third kappa shape index (κ3) is 20.1. The summed E-state index contributed by atoms with van der Waals surface area (Å²) >= 11 is 0. The van der Waals surface area contributed by atoms with Crippen molar-refractivity contribution < 1.29 is 18.6 Å². The van der Waals surface area contributed by atoms with Crippen LogP contribution in [-0.4, -0.2) is 56.0 Å². The van der Waals surface area contributed by atoms with Crippen LogP contribution < -0.4 is 0 Å². The molecule has 0 fully saturated rings. The maximum absolute atomic E-state index is 5.51. The second-order valence-corrected chi connectivity index (χ2v) is 6.07. The summed E-state index contributed by atoms with van der Waals surface area (Å²) in [4.78, 5) is 0. The molecule has 0 aromatic rings. The Kier molecular flexibility index (Phi) is 20.1. The quantitative estimate of drug-likeness (QED) is 0.286. The summed E-state index contributed by atoms with van der Waals surface area (Å²) < 4.78 is 21.8. The Morgan fingerprint density at radius 2 is 1.14 bits per heavy atom. The van der Waals surface area contributed by atoms with Crippen LogP contribution in [0.4, 0.5) is 0 Å². The van der Waals surface area contributed by atoms with Gasteiger partial charge in [-0.1, -0.05) is 46.0 Å². The molecule has 0 aliphatic rings. The predicted molar refractivity (Wildman–Crippen MR) is 88.0 cm³/mol. The van der Waals surface area contributed by atoms with Crippen molar-refractivity contribution in [3.05, 3.63) is 0 Å². The monoisotopic (exact) mass is 318 g/mol. The van der Waals surface area contributed by atoms with Crippen molar-refractivity contribution in [2.24, 2.45) is 0 Å². The van der Waals surface area contributed by atoms with Crippen LogP contribution in [0.25, 0.3) is 0 Å². The molecule has 0 spiro atoms. The second kappa shape index (κ2) is 20.1. The van der Waals surface area contributed by atoms with Gasteiger partial charge in [-0.25, -0.2) is 0 Å². The lowest BCUT2D eigenvalue weighted by atomic mass is 10.2. The molecule has 0 amide bonds. The van der Waals surface area contributed by atoms with Gasteiger partial charge in [0, 0.05) is 6.61 Å². The van der Waals surface area contributed by atoms with E-state index in [-0.39, 0.29) is 0 Å². The molecule has 4 nitrogen and oxygen atoms in total. The lowest BCUT2D eigenvalue weighted by Gasteiger charge is -2.07. The molecule has 0 aliphatic heterocycles. The standard InChI is InChI=1S/C16H34O4Si/c1-3-5-6-7-8-9-17-10-11-18-12-13-19-14-15-20-21-16-4-2/h3-16H2,1-2H3. The Bertz CT molecular complexity index is 164. The number of hydrogen-bond acceptors (Lipinski definition) is 4. The van der Waals surface area contributed by atoms with Crippen molar-refractivity contribution in [1.29, 1.82) is 0 Å². The summed E-state index contributed by atoms with van der Waals surface area (Å²) in [5, 5.41) is 0. The fourth-order valence-electron chi connectivity index (χ4n) is 1.70. The van der Waals surface area contributed by atoms with Crippen molar-refractivity contribution >= 4 is 9.76 Å². The summed E-state index contributed by atoms with van der Waals surface area (Å²) in [7, 11) is 0.616.